The van der Waals surface area contributed by atoms with E-state index in [1.54, 1.807) is 0 Å². The van der Waals surface area contributed by atoms with Crippen LogP contribution in [0.1, 0.15) is 12.8 Å². The van der Waals surface area contributed by atoms with Gasteiger partial charge in [-0.3, -0.25) is 9.59 Å². The standard InChI is InChI=1S/C7H7NO4.C6H11NO/c1-2-7(11)12-8-5(9)3-4-6(8)10;1-2-7-3-5-8-6-4-7/h2H,1,3-4H2;2H,1,3-6H2. The van der Waals surface area contributed by atoms with Crippen LogP contribution in [0.5, 0.6) is 0 Å². The Morgan fingerprint density at radius 2 is 1.70 bits per heavy atom. The number of hydrogen-bond donors (Lipinski definition) is 0. The molecule has 0 aromatic carbocycles. The van der Waals surface area contributed by atoms with Crippen LogP contribution in [0.2, 0.25) is 0 Å². The highest BCUT2D eigenvalue weighted by Gasteiger charge is 2.32. The van der Waals surface area contributed by atoms with E-state index in [1.807, 2.05) is 6.20 Å². The molecule has 0 N–H and O–H groups in total. The van der Waals surface area contributed by atoms with E-state index < -0.39 is 17.8 Å². The molecule has 110 valence electrons. The van der Waals surface area contributed by atoms with Gasteiger partial charge in [0.25, 0.3) is 11.8 Å². The van der Waals surface area contributed by atoms with Crippen molar-refractivity contribution >= 4 is 17.8 Å². The minimum atomic E-state index is -0.807. The number of hydrogen-bond acceptors (Lipinski definition) is 6. The molecule has 2 saturated heterocycles. The lowest BCUT2D eigenvalue weighted by Crippen LogP contribution is -2.31. The van der Waals surface area contributed by atoms with Gasteiger partial charge in [-0.2, -0.15) is 0 Å². The maximum Gasteiger partial charge on any atom is 0.356 e. The molecule has 0 unspecified atom stereocenters. The minimum Gasteiger partial charge on any atom is -0.378 e. The summed E-state index contributed by atoms with van der Waals surface area (Å²) in [5.41, 5.74) is 0. The molecule has 0 aromatic rings. The smallest absolute Gasteiger partial charge is 0.356 e. The number of morpholine rings is 1. The van der Waals surface area contributed by atoms with Crippen molar-refractivity contribution in [2.24, 2.45) is 0 Å². The van der Waals surface area contributed by atoms with Crippen molar-refractivity contribution in [1.29, 1.82) is 0 Å². The number of amides is 2. The Morgan fingerprint density at radius 1 is 1.15 bits per heavy atom. The zero-order valence-electron chi connectivity index (χ0n) is 11.2. The third-order valence-corrected chi connectivity index (χ3v) is 2.66. The van der Waals surface area contributed by atoms with Gasteiger partial charge in [0.15, 0.2) is 0 Å². The number of imide groups is 1. The molecular formula is C13H18N2O5. The number of carbonyl (C=O) groups is 3. The van der Waals surface area contributed by atoms with Gasteiger partial charge in [0, 0.05) is 32.0 Å². The molecule has 2 amide bonds. The molecule has 2 heterocycles. The SMILES string of the molecule is C=CC(=O)ON1C(=O)CCC1=O.C=CN1CCOCC1. The van der Waals surface area contributed by atoms with Gasteiger partial charge in [-0.1, -0.05) is 13.2 Å². The van der Waals surface area contributed by atoms with Crippen molar-refractivity contribution < 1.29 is 24.0 Å². The predicted octanol–water partition coefficient (Wildman–Crippen LogP) is 0.242. The van der Waals surface area contributed by atoms with Crippen LogP contribution in [0.3, 0.4) is 0 Å². The Morgan fingerprint density at radius 3 is 2.10 bits per heavy atom. The van der Waals surface area contributed by atoms with Crippen LogP contribution in [0, 0.1) is 0 Å². The van der Waals surface area contributed by atoms with Crippen molar-refractivity contribution in [1.82, 2.24) is 9.96 Å². The molecule has 0 bridgehead atoms. The third kappa shape index (κ3) is 4.85. The van der Waals surface area contributed by atoms with Gasteiger partial charge in [0.1, 0.15) is 0 Å². The number of rotatable bonds is 3. The summed E-state index contributed by atoms with van der Waals surface area (Å²) in [6, 6.07) is 0. The topological polar surface area (TPSA) is 76.2 Å². The van der Waals surface area contributed by atoms with Crippen LogP contribution in [0.25, 0.3) is 0 Å². The molecule has 7 nitrogen and oxygen atoms in total. The minimum absolute atomic E-state index is 0.100. The van der Waals surface area contributed by atoms with Crippen molar-refractivity contribution in [2.45, 2.75) is 12.8 Å². The van der Waals surface area contributed by atoms with Gasteiger partial charge in [0.2, 0.25) is 0 Å². The highest BCUT2D eigenvalue weighted by atomic mass is 16.7. The molecule has 0 atom stereocenters. The van der Waals surface area contributed by atoms with E-state index in [1.165, 1.54) is 0 Å². The lowest BCUT2D eigenvalue weighted by atomic mass is 10.4. The Bertz CT molecular complexity index is 386. The Balaban J connectivity index is 0.000000217. The first-order valence-corrected chi connectivity index (χ1v) is 6.23. The molecule has 0 radical (unpaired) electrons. The lowest BCUT2D eigenvalue weighted by Gasteiger charge is -2.24. The summed E-state index contributed by atoms with van der Waals surface area (Å²) in [5, 5.41) is 0.476. The number of carbonyl (C=O) groups excluding carboxylic acids is 3. The van der Waals surface area contributed by atoms with Gasteiger partial charge in [0.05, 0.1) is 13.2 Å². The highest BCUT2D eigenvalue weighted by molar-refractivity contribution is 6.02. The molecule has 2 fully saturated rings. The summed E-state index contributed by atoms with van der Waals surface area (Å²) in [5.74, 6) is -1.79. The van der Waals surface area contributed by atoms with Crippen LogP contribution >= 0.6 is 0 Å². The van der Waals surface area contributed by atoms with Gasteiger partial charge < -0.3 is 14.5 Å². The summed E-state index contributed by atoms with van der Waals surface area (Å²) in [6.45, 7) is 10.5. The van der Waals surface area contributed by atoms with Crippen LogP contribution in [-0.4, -0.2) is 54.1 Å². The summed E-state index contributed by atoms with van der Waals surface area (Å²) in [7, 11) is 0. The zero-order chi connectivity index (χ0) is 15.0. The summed E-state index contributed by atoms with van der Waals surface area (Å²) >= 11 is 0. The highest BCUT2D eigenvalue weighted by Crippen LogP contribution is 2.11. The molecule has 0 spiro atoms. The van der Waals surface area contributed by atoms with Gasteiger partial charge >= 0.3 is 5.97 Å². The van der Waals surface area contributed by atoms with E-state index in [2.05, 4.69) is 22.9 Å². The van der Waals surface area contributed by atoms with Crippen LogP contribution in [0.15, 0.2) is 25.4 Å². The lowest BCUT2D eigenvalue weighted by molar-refractivity contribution is -0.193. The van der Waals surface area contributed by atoms with E-state index in [0.29, 0.717) is 5.06 Å². The van der Waals surface area contributed by atoms with Crippen LogP contribution in [0.4, 0.5) is 0 Å². The summed E-state index contributed by atoms with van der Waals surface area (Å²) in [6.07, 6.45) is 2.95. The van der Waals surface area contributed by atoms with Gasteiger partial charge in [-0.15, -0.1) is 5.06 Å². The average molecular weight is 282 g/mol. The Hall–Kier alpha value is -2.15. The third-order valence-electron chi connectivity index (χ3n) is 2.66. The normalized spacial score (nSPS) is 18.2. The first-order valence-electron chi connectivity index (χ1n) is 6.23. The number of hydroxylamine groups is 2. The second-order valence-corrected chi connectivity index (χ2v) is 4.03. The first-order chi connectivity index (χ1) is 9.58. The summed E-state index contributed by atoms with van der Waals surface area (Å²) < 4.78 is 5.11. The van der Waals surface area contributed by atoms with Gasteiger partial charge in [-0.25, -0.2) is 4.79 Å². The van der Waals surface area contributed by atoms with Crippen molar-refractivity contribution in [3.8, 4) is 0 Å². The fourth-order valence-electron chi connectivity index (χ4n) is 1.55. The fraction of sp³-hybridized carbons (Fsp3) is 0.462. The van der Waals surface area contributed by atoms with E-state index in [9.17, 15) is 14.4 Å². The molecular weight excluding hydrogens is 264 g/mol. The number of nitrogens with zero attached hydrogens (tertiary/aromatic N) is 2. The molecule has 2 aliphatic heterocycles. The second kappa shape index (κ2) is 8.11. The summed E-state index contributed by atoms with van der Waals surface area (Å²) in [4.78, 5) is 38.8. The van der Waals surface area contributed by atoms with Gasteiger partial charge in [-0.05, 0) is 6.20 Å². The first kappa shape index (κ1) is 15.9. The largest absolute Gasteiger partial charge is 0.378 e. The molecule has 20 heavy (non-hydrogen) atoms. The second-order valence-electron chi connectivity index (χ2n) is 4.03. The van der Waals surface area contributed by atoms with Crippen molar-refractivity contribution in [3.05, 3.63) is 25.4 Å². The fourth-order valence-corrected chi connectivity index (χ4v) is 1.55. The Labute approximate surface area is 117 Å². The molecule has 7 heteroatoms. The van der Waals surface area contributed by atoms with E-state index >= 15 is 0 Å². The number of ether oxygens (including phenoxy) is 1. The maximum atomic E-state index is 10.8. The predicted molar refractivity (Wildman–Crippen MR) is 70.0 cm³/mol. The molecule has 0 aromatic heterocycles. The Kier molecular flexibility index (Phi) is 6.45. The van der Waals surface area contributed by atoms with E-state index in [-0.39, 0.29) is 12.8 Å². The van der Waals surface area contributed by atoms with Crippen molar-refractivity contribution in [3.63, 3.8) is 0 Å². The van der Waals surface area contributed by atoms with Crippen LogP contribution in [-0.2, 0) is 24.0 Å². The molecule has 2 aliphatic rings. The average Bonchev–Trinajstić information content (AvgIpc) is 2.80. The quantitative estimate of drug-likeness (QED) is 0.545. The maximum absolute atomic E-state index is 10.8. The molecule has 2 rings (SSSR count). The van der Waals surface area contributed by atoms with Crippen molar-refractivity contribution in [2.75, 3.05) is 26.3 Å². The molecule has 0 aliphatic carbocycles. The van der Waals surface area contributed by atoms with E-state index in [0.717, 1.165) is 32.4 Å². The molecule has 0 saturated carbocycles. The van der Waals surface area contributed by atoms with Crippen LogP contribution < -0.4 is 0 Å². The van der Waals surface area contributed by atoms with E-state index in [4.69, 9.17) is 4.74 Å². The monoisotopic (exact) mass is 282 g/mol. The zero-order valence-corrected chi connectivity index (χ0v) is 11.2.